The third-order valence-corrected chi connectivity index (χ3v) is 2.69. The minimum absolute atomic E-state index is 0.111. The molecule has 0 aliphatic carbocycles. The molecule has 8 heteroatoms. The number of pyridine rings is 1. The molecule has 1 aromatic rings. The minimum Gasteiger partial charge on any atom is -0.402 e. The van der Waals surface area contributed by atoms with Crippen molar-refractivity contribution in [3.05, 3.63) is 19.9 Å². The van der Waals surface area contributed by atoms with Gasteiger partial charge in [0.2, 0.25) is 0 Å². The number of nitrogens with zero attached hydrogens (tertiary/aromatic N) is 1. The molecule has 1 heterocycles. The summed E-state index contributed by atoms with van der Waals surface area (Å²) < 4.78 is 40.1. The van der Waals surface area contributed by atoms with Gasteiger partial charge in [0, 0.05) is 6.54 Å². The standard InChI is InChI=1S/C7H5BrF3IN2O/c8-4-1-3(2-13)14-6(12)5(4)15-7(9,10)11/h1H,2,13H2. The minimum atomic E-state index is -4.73. The Morgan fingerprint density at radius 1 is 1.53 bits per heavy atom. The lowest BCUT2D eigenvalue weighted by molar-refractivity contribution is -0.275. The lowest BCUT2D eigenvalue weighted by atomic mass is 10.3. The molecule has 1 rings (SSSR count). The van der Waals surface area contributed by atoms with Crippen molar-refractivity contribution in [2.24, 2.45) is 5.73 Å². The second kappa shape index (κ2) is 4.83. The molecule has 0 amide bonds. The van der Waals surface area contributed by atoms with Crippen molar-refractivity contribution < 1.29 is 17.9 Å². The monoisotopic (exact) mass is 396 g/mol. The zero-order valence-electron chi connectivity index (χ0n) is 7.11. The van der Waals surface area contributed by atoms with Crippen LogP contribution in [0.1, 0.15) is 5.69 Å². The van der Waals surface area contributed by atoms with Crippen LogP contribution < -0.4 is 10.5 Å². The van der Waals surface area contributed by atoms with Gasteiger partial charge in [-0.25, -0.2) is 4.98 Å². The van der Waals surface area contributed by atoms with Gasteiger partial charge in [-0.05, 0) is 44.6 Å². The van der Waals surface area contributed by atoms with Gasteiger partial charge in [-0.1, -0.05) is 0 Å². The Bertz CT molecular complexity index is 349. The smallest absolute Gasteiger partial charge is 0.402 e. The number of hydrogen-bond acceptors (Lipinski definition) is 3. The first-order valence-corrected chi connectivity index (χ1v) is 5.51. The second-order valence-electron chi connectivity index (χ2n) is 2.47. The summed E-state index contributed by atoms with van der Waals surface area (Å²) in [5.41, 5.74) is 5.80. The van der Waals surface area contributed by atoms with Crippen molar-refractivity contribution in [2.45, 2.75) is 12.9 Å². The largest absolute Gasteiger partial charge is 0.573 e. The Labute approximate surface area is 105 Å². The zero-order valence-corrected chi connectivity index (χ0v) is 10.9. The Hall–Kier alpha value is -0.0900. The predicted molar refractivity (Wildman–Crippen MR) is 59.2 cm³/mol. The average Bonchev–Trinajstić information content (AvgIpc) is 2.09. The number of aromatic nitrogens is 1. The van der Waals surface area contributed by atoms with E-state index >= 15 is 0 Å². The van der Waals surface area contributed by atoms with Gasteiger partial charge in [-0.3, -0.25) is 0 Å². The lowest BCUT2D eigenvalue weighted by Crippen LogP contribution is -2.19. The van der Waals surface area contributed by atoms with E-state index in [0.717, 1.165) is 0 Å². The first kappa shape index (κ1) is 13.0. The van der Waals surface area contributed by atoms with E-state index in [9.17, 15) is 13.2 Å². The van der Waals surface area contributed by atoms with E-state index in [1.54, 1.807) is 22.6 Å². The average molecular weight is 397 g/mol. The molecule has 1 aromatic heterocycles. The summed E-state index contributed by atoms with van der Waals surface area (Å²) in [7, 11) is 0. The van der Waals surface area contributed by atoms with Crippen molar-refractivity contribution in [3.63, 3.8) is 0 Å². The van der Waals surface area contributed by atoms with Gasteiger partial charge in [0.15, 0.2) is 5.75 Å². The normalized spacial score (nSPS) is 11.6. The number of hydrogen-bond donors (Lipinski definition) is 1. The fraction of sp³-hybridized carbons (Fsp3) is 0.286. The molecule has 0 aliphatic heterocycles. The Kier molecular flexibility index (Phi) is 4.18. The predicted octanol–water partition coefficient (Wildman–Crippen LogP) is 2.81. The molecule has 0 atom stereocenters. The highest BCUT2D eigenvalue weighted by Gasteiger charge is 2.33. The van der Waals surface area contributed by atoms with Gasteiger partial charge in [0.1, 0.15) is 3.70 Å². The Balaban J connectivity index is 3.09. The fourth-order valence-electron chi connectivity index (χ4n) is 0.831. The number of rotatable bonds is 2. The highest BCUT2D eigenvalue weighted by molar-refractivity contribution is 14.1. The van der Waals surface area contributed by atoms with Crippen molar-refractivity contribution in [2.75, 3.05) is 0 Å². The van der Waals surface area contributed by atoms with E-state index in [0.29, 0.717) is 5.69 Å². The summed E-state index contributed by atoms with van der Waals surface area (Å²) in [6.45, 7) is 0.154. The van der Waals surface area contributed by atoms with Gasteiger partial charge in [0.25, 0.3) is 0 Å². The van der Waals surface area contributed by atoms with E-state index in [1.165, 1.54) is 6.07 Å². The maximum Gasteiger partial charge on any atom is 0.573 e. The summed E-state index contributed by atoms with van der Waals surface area (Å²) in [6, 6.07) is 1.39. The van der Waals surface area contributed by atoms with Gasteiger partial charge in [-0.15, -0.1) is 13.2 Å². The molecule has 0 saturated heterocycles. The number of ether oxygens (including phenoxy) is 1. The van der Waals surface area contributed by atoms with Crippen molar-refractivity contribution in [1.29, 1.82) is 0 Å². The van der Waals surface area contributed by atoms with Crippen LogP contribution in [0.3, 0.4) is 0 Å². The highest BCUT2D eigenvalue weighted by atomic mass is 127. The van der Waals surface area contributed by atoms with E-state index in [1.807, 2.05) is 0 Å². The van der Waals surface area contributed by atoms with Gasteiger partial charge >= 0.3 is 6.36 Å². The molecule has 3 nitrogen and oxygen atoms in total. The number of halogens is 5. The number of alkyl halides is 3. The van der Waals surface area contributed by atoms with Gasteiger partial charge in [-0.2, -0.15) is 0 Å². The SMILES string of the molecule is NCc1cc(Br)c(OC(F)(F)F)c(I)n1. The van der Waals surface area contributed by atoms with Crippen LogP contribution in [-0.2, 0) is 6.54 Å². The van der Waals surface area contributed by atoms with Crippen LogP contribution in [0.2, 0.25) is 0 Å². The molecule has 0 unspecified atom stereocenters. The van der Waals surface area contributed by atoms with Gasteiger partial charge < -0.3 is 10.5 Å². The van der Waals surface area contributed by atoms with Crippen LogP contribution in [0, 0.1) is 3.70 Å². The summed E-state index contributed by atoms with van der Waals surface area (Å²) >= 11 is 4.62. The molecule has 84 valence electrons. The second-order valence-corrected chi connectivity index (χ2v) is 4.34. The molecule has 2 N–H and O–H groups in total. The summed E-state index contributed by atoms with van der Waals surface area (Å²) in [4.78, 5) is 3.84. The molecule has 0 saturated carbocycles. The zero-order chi connectivity index (χ0) is 11.6. The highest BCUT2D eigenvalue weighted by Crippen LogP contribution is 2.34. The van der Waals surface area contributed by atoms with Crippen LogP contribution >= 0.6 is 38.5 Å². The van der Waals surface area contributed by atoms with Gasteiger partial charge in [0.05, 0.1) is 10.2 Å². The molecule has 0 aromatic carbocycles. The van der Waals surface area contributed by atoms with Crippen molar-refractivity contribution in [3.8, 4) is 5.75 Å². The third-order valence-electron chi connectivity index (χ3n) is 1.37. The fourth-order valence-corrected chi connectivity index (χ4v) is 2.44. The first-order valence-electron chi connectivity index (χ1n) is 3.64. The molecule has 0 spiro atoms. The lowest BCUT2D eigenvalue weighted by Gasteiger charge is -2.12. The third kappa shape index (κ3) is 3.76. The molecule has 0 aliphatic rings. The van der Waals surface area contributed by atoms with E-state index in [-0.39, 0.29) is 20.5 Å². The van der Waals surface area contributed by atoms with Crippen molar-refractivity contribution in [1.82, 2.24) is 4.98 Å². The quantitative estimate of drug-likeness (QED) is 0.617. The van der Waals surface area contributed by atoms with Crippen LogP contribution in [0.15, 0.2) is 10.5 Å². The van der Waals surface area contributed by atoms with Crippen LogP contribution in [-0.4, -0.2) is 11.3 Å². The summed E-state index contributed by atoms with van der Waals surface area (Å²) in [6.07, 6.45) is -4.73. The number of nitrogens with two attached hydrogens (primary N) is 1. The maximum atomic E-state index is 12.0. The Morgan fingerprint density at radius 3 is 2.53 bits per heavy atom. The van der Waals surface area contributed by atoms with Crippen LogP contribution in [0.5, 0.6) is 5.75 Å². The summed E-state index contributed by atoms with van der Waals surface area (Å²) in [5, 5.41) is 0. The molecular formula is C7H5BrF3IN2O. The molecular weight excluding hydrogens is 392 g/mol. The first-order chi connectivity index (χ1) is 6.83. The molecule has 0 radical (unpaired) electrons. The summed E-state index contributed by atoms with van der Waals surface area (Å²) in [5.74, 6) is -0.347. The topological polar surface area (TPSA) is 48.1 Å². The van der Waals surface area contributed by atoms with Crippen molar-refractivity contribution >= 4 is 38.5 Å². The van der Waals surface area contributed by atoms with E-state index < -0.39 is 6.36 Å². The molecule has 0 fully saturated rings. The van der Waals surface area contributed by atoms with E-state index in [4.69, 9.17) is 5.73 Å². The van der Waals surface area contributed by atoms with Crippen LogP contribution in [0.25, 0.3) is 0 Å². The maximum absolute atomic E-state index is 12.0. The van der Waals surface area contributed by atoms with Crippen LogP contribution in [0.4, 0.5) is 13.2 Å². The molecule has 15 heavy (non-hydrogen) atoms. The van der Waals surface area contributed by atoms with E-state index in [2.05, 4.69) is 25.7 Å². The molecule has 0 bridgehead atoms. The Morgan fingerprint density at radius 2 is 2.13 bits per heavy atom.